The normalized spacial score (nSPS) is 18.4. The van der Waals surface area contributed by atoms with Crippen molar-refractivity contribution in [2.45, 2.75) is 25.5 Å². The Morgan fingerprint density at radius 3 is 2.17 bits per heavy atom. The summed E-state index contributed by atoms with van der Waals surface area (Å²) >= 11 is 0. The molecule has 2 aromatic carbocycles. The van der Waals surface area contributed by atoms with Gasteiger partial charge in [0.2, 0.25) is 0 Å². The highest BCUT2D eigenvalue weighted by atomic mass is 16.6. The van der Waals surface area contributed by atoms with Crippen LogP contribution in [0.1, 0.15) is 28.8 Å². The predicted octanol–water partition coefficient (Wildman–Crippen LogP) is 2.38. The first kappa shape index (κ1) is 29.7. The molecular formula is C31H42N6O5. The molecule has 11 nitrogen and oxygen atoms in total. The Kier molecular flexibility index (Phi) is 10.5. The zero-order chi connectivity index (χ0) is 29.1. The monoisotopic (exact) mass is 578 g/mol. The minimum atomic E-state index is -0.344. The third-order valence-corrected chi connectivity index (χ3v) is 8.16. The SMILES string of the molecule is O=C(NCCN1CCOCC1)c1ccc(N2CCC(NC(=O)N3CCN(C(=O)OCc4ccccc4)CC3)CC2)cc1. The van der Waals surface area contributed by atoms with Gasteiger partial charge in [-0.15, -0.1) is 0 Å². The van der Waals surface area contributed by atoms with Crippen LogP contribution in [0.3, 0.4) is 0 Å². The van der Waals surface area contributed by atoms with E-state index in [-0.39, 0.29) is 30.7 Å². The minimum Gasteiger partial charge on any atom is -0.445 e. The van der Waals surface area contributed by atoms with E-state index in [1.54, 1.807) is 9.80 Å². The van der Waals surface area contributed by atoms with Gasteiger partial charge in [-0.1, -0.05) is 30.3 Å². The molecule has 0 radical (unpaired) electrons. The lowest BCUT2D eigenvalue weighted by molar-refractivity contribution is 0.0383. The number of piperazine rings is 1. The highest BCUT2D eigenvalue weighted by Crippen LogP contribution is 2.21. The molecule has 3 fully saturated rings. The molecule has 0 aliphatic carbocycles. The van der Waals surface area contributed by atoms with Gasteiger partial charge in [-0.05, 0) is 42.7 Å². The highest BCUT2D eigenvalue weighted by Gasteiger charge is 2.28. The Bertz CT molecular complexity index is 1160. The molecule has 0 unspecified atom stereocenters. The Morgan fingerprint density at radius 2 is 1.48 bits per heavy atom. The van der Waals surface area contributed by atoms with Crippen LogP contribution in [0.2, 0.25) is 0 Å². The van der Waals surface area contributed by atoms with Crippen molar-refractivity contribution in [3.63, 3.8) is 0 Å². The molecule has 0 aromatic heterocycles. The van der Waals surface area contributed by atoms with E-state index >= 15 is 0 Å². The van der Waals surface area contributed by atoms with Crippen LogP contribution in [0.25, 0.3) is 0 Å². The number of nitrogens with one attached hydrogen (secondary N) is 2. The molecule has 4 amide bonds. The molecule has 0 bridgehead atoms. The Hall–Kier alpha value is -3.83. The van der Waals surface area contributed by atoms with Crippen LogP contribution in [-0.2, 0) is 16.1 Å². The lowest BCUT2D eigenvalue weighted by Crippen LogP contribution is -2.55. The van der Waals surface area contributed by atoms with Crippen molar-refractivity contribution < 1.29 is 23.9 Å². The van der Waals surface area contributed by atoms with Crippen molar-refractivity contribution in [3.05, 3.63) is 65.7 Å². The molecule has 3 heterocycles. The second-order valence-corrected chi connectivity index (χ2v) is 11.0. The van der Waals surface area contributed by atoms with Crippen molar-refractivity contribution >= 4 is 23.7 Å². The van der Waals surface area contributed by atoms with Crippen LogP contribution in [-0.4, -0.2) is 117 Å². The van der Waals surface area contributed by atoms with Gasteiger partial charge in [0.1, 0.15) is 6.61 Å². The van der Waals surface area contributed by atoms with Crippen LogP contribution in [0.5, 0.6) is 0 Å². The largest absolute Gasteiger partial charge is 0.445 e. The number of ether oxygens (including phenoxy) is 2. The molecule has 0 saturated carbocycles. The summed E-state index contributed by atoms with van der Waals surface area (Å²) in [4.78, 5) is 45.9. The number of urea groups is 1. The van der Waals surface area contributed by atoms with Gasteiger partial charge in [-0.25, -0.2) is 9.59 Å². The van der Waals surface area contributed by atoms with Crippen molar-refractivity contribution in [3.8, 4) is 0 Å². The standard InChI is InChI=1S/C31H42N6O5/c38-29(32-12-15-34-20-22-41-23-21-34)26-6-8-28(9-7-26)35-13-10-27(11-14-35)33-30(39)36-16-18-37(19-17-36)31(40)42-24-25-4-2-1-3-5-25/h1-9,27H,10-24H2,(H,32,38)(H,33,39). The van der Waals surface area contributed by atoms with Crippen LogP contribution >= 0.6 is 0 Å². The summed E-state index contributed by atoms with van der Waals surface area (Å²) in [5, 5.41) is 6.19. The number of rotatable bonds is 8. The lowest BCUT2D eigenvalue weighted by Gasteiger charge is -2.37. The van der Waals surface area contributed by atoms with Crippen molar-refractivity contribution in [1.82, 2.24) is 25.3 Å². The molecular weight excluding hydrogens is 536 g/mol. The maximum atomic E-state index is 12.9. The van der Waals surface area contributed by atoms with Crippen LogP contribution in [0, 0.1) is 0 Å². The molecule has 2 aromatic rings. The minimum absolute atomic E-state index is 0.0545. The van der Waals surface area contributed by atoms with E-state index in [1.807, 2.05) is 54.6 Å². The fourth-order valence-electron chi connectivity index (χ4n) is 5.53. The number of morpholine rings is 1. The molecule has 11 heteroatoms. The topological polar surface area (TPSA) is 107 Å². The van der Waals surface area contributed by atoms with E-state index in [0.29, 0.717) is 38.3 Å². The molecule has 226 valence electrons. The Balaban J connectivity index is 0.977. The van der Waals surface area contributed by atoms with Gasteiger partial charge in [-0.3, -0.25) is 9.69 Å². The van der Waals surface area contributed by atoms with E-state index in [1.165, 1.54) is 0 Å². The molecule has 2 N–H and O–H groups in total. The average Bonchev–Trinajstić information content (AvgIpc) is 3.05. The summed E-state index contributed by atoms with van der Waals surface area (Å²) in [7, 11) is 0. The fourth-order valence-corrected chi connectivity index (χ4v) is 5.53. The molecule has 3 aliphatic heterocycles. The summed E-state index contributed by atoms with van der Waals surface area (Å²) in [5.74, 6) is -0.0545. The number of carbonyl (C=O) groups excluding carboxylic acids is 3. The molecule has 5 rings (SSSR count). The molecule has 42 heavy (non-hydrogen) atoms. The van der Waals surface area contributed by atoms with E-state index < -0.39 is 0 Å². The summed E-state index contributed by atoms with van der Waals surface area (Å²) in [6.07, 6.45) is 1.35. The Labute approximate surface area is 247 Å². The van der Waals surface area contributed by atoms with E-state index in [4.69, 9.17) is 9.47 Å². The molecule has 3 aliphatic rings. The first-order valence-electron chi connectivity index (χ1n) is 15.0. The fraction of sp³-hybridized carbons (Fsp3) is 0.516. The first-order valence-corrected chi connectivity index (χ1v) is 15.0. The number of hydrogen-bond donors (Lipinski definition) is 2. The maximum Gasteiger partial charge on any atom is 0.410 e. The third-order valence-electron chi connectivity index (χ3n) is 8.16. The molecule has 0 spiro atoms. The number of anilines is 1. The van der Waals surface area contributed by atoms with Crippen LogP contribution in [0.15, 0.2) is 54.6 Å². The van der Waals surface area contributed by atoms with Gasteiger partial charge in [0.15, 0.2) is 0 Å². The molecule has 3 saturated heterocycles. The summed E-state index contributed by atoms with van der Waals surface area (Å²) in [6, 6.07) is 17.4. The Morgan fingerprint density at radius 1 is 0.810 bits per heavy atom. The number of hydrogen-bond acceptors (Lipinski definition) is 7. The van der Waals surface area contributed by atoms with Gasteiger partial charge < -0.3 is 34.8 Å². The van der Waals surface area contributed by atoms with E-state index in [0.717, 1.165) is 70.0 Å². The third kappa shape index (κ3) is 8.36. The van der Waals surface area contributed by atoms with E-state index in [9.17, 15) is 14.4 Å². The second-order valence-electron chi connectivity index (χ2n) is 11.0. The second kappa shape index (κ2) is 14.9. The van der Waals surface area contributed by atoms with Crippen molar-refractivity contribution in [1.29, 1.82) is 0 Å². The van der Waals surface area contributed by atoms with Crippen LogP contribution < -0.4 is 15.5 Å². The number of piperidine rings is 1. The zero-order valence-electron chi connectivity index (χ0n) is 24.2. The van der Waals surface area contributed by atoms with Crippen molar-refractivity contribution in [2.24, 2.45) is 0 Å². The number of amides is 4. The quantitative estimate of drug-likeness (QED) is 0.496. The smallest absolute Gasteiger partial charge is 0.410 e. The number of carbonyl (C=O) groups is 3. The lowest BCUT2D eigenvalue weighted by atomic mass is 10.0. The summed E-state index contributed by atoms with van der Waals surface area (Å²) < 4.78 is 10.8. The van der Waals surface area contributed by atoms with E-state index in [2.05, 4.69) is 20.4 Å². The van der Waals surface area contributed by atoms with Gasteiger partial charge in [0, 0.05) is 82.7 Å². The number of benzene rings is 2. The van der Waals surface area contributed by atoms with Crippen LogP contribution in [0.4, 0.5) is 15.3 Å². The number of nitrogens with zero attached hydrogens (tertiary/aromatic N) is 4. The first-order chi connectivity index (χ1) is 20.5. The van der Waals surface area contributed by atoms with Gasteiger partial charge in [0.05, 0.1) is 13.2 Å². The van der Waals surface area contributed by atoms with Gasteiger partial charge in [-0.2, -0.15) is 0 Å². The van der Waals surface area contributed by atoms with Gasteiger partial charge in [0.25, 0.3) is 5.91 Å². The maximum absolute atomic E-state index is 12.9. The van der Waals surface area contributed by atoms with Crippen molar-refractivity contribution in [2.75, 3.05) is 83.6 Å². The molecule has 0 atom stereocenters. The van der Waals surface area contributed by atoms with Gasteiger partial charge >= 0.3 is 12.1 Å². The predicted molar refractivity (Wildman–Crippen MR) is 160 cm³/mol. The summed E-state index contributed by atoms with van der Waals surface area (Å²) in [5.41, 5.74) is 2.69. The average molecular weight is 579 g/mol. The zero-order valence-corrected chi connectivity index (χ0v) is 24.2. The highest BCUT2D eigenvalue weighted by molar-refractivity contribution is 5.94. The summed E-state index contributed by atoms with van der Waals surface area (Å²) in [6.45, 7) is 8.58.